The number of nitrogens with one attached hydrogen (secondary N) is 1. The lowest BCUT2D eigenvalue weighted by Crippen LogP contribution is -2.36. The normalized spacial score (nSPS) is 13.2. The second-order valence-corrected chi connectivity index (χ2v) is 4.20. The van der Waals surface area contributed by atoms with Gasteiger partial charge < -0.3 is 20.5 Å². The van der Waals surface area contributed by atoms with Crippen molar-refractivity contribution in [3.63, 3.8) is 0 Å². The van der Waals surface area contributed by atoms with Crippen LogP contribution in [0.1, 0.15) is 25.6 Å². The van der Waals surface area contributed by atoms with E-state index in [9.17, 15) is 0 Å². The highest BCUT2D eigenvalue weighted by molar-refractivity contribution is 5.05. The van der Waals surface area contributed by atoms with Gasteiger partial charge in [-0.1, -0.05) is 13.8 Å². The van der Waals surface area contributed by atoms with Gasteiger partial charge in [-0.25, -0.2) is 4.98 Å². The maximum atomic E-state index is 5.80. The fraction of sp³-hybridized carbons (Fsp3) is 0.750. The van der Waals surface area contributed by atoms with E-state index in [1.54, 1.807) is 0 Å². The first-order chi connectivity index (χ1) is 8.22. The summed E-state index contributed by atoms with van der Waals surface area (Å²) in [7, 11) is 2.00. The van der Waals surface area contributed by atoms with Gasteiger partial charge in [0.15, 0.2) is 0 Å². The van der Waals surface area contributed by atoms with E-state index in [1.165, 1.54) is 0 Å². The summed E-state index contributed by atoms with van der Waals surface area (Å²) in [6.45, 7) is 9.16. The Labute approximate surface area is 104 Å². The number of aryl methyl sites for hydroxylation is 1. The standard InChI is InChI=1S/C12H25N5/c1-4-17(5-2)7-6-15-11(8-13)12-9-14-10-16(12)3/h9-11,15H,4-8,13H2,1-3H3. The maximum absolute atomic E-state index is 5.80. The van der Waals surface area contributed by atoms with Crippen molar-refractivity contribution in [2.45, 2.75) is 19.9 Å². The molecule has 0 saturated heterocycles. The average molecular weight is 239 g/mol. The molecule has 0 fully saturated rings. The number of nitrogens with two attached hydrogens (primary N) is 1. The molecule has 1 rings (SSSR count). The van der Waals surface area contributed by atoms with Gasteiger partial charge in [0.2, 0.25) is 0 Å². The molecule has 0 spiro atoms. The van der Waals surface area contributed by atoms with Crippen molar-refractivity contribution in [2.24, 2.45) is 12.8 Å². The van der Waals surface area contributed by atoms with Gasteiger partial charge >= 0.3 is 0 Å². The van der Waals surface area contributed by atoms with Crippen LogP contribution in [0.5, 0.6) is 0 Å². The third-order valence-electron chi connectivity index (χ3n) is 3.16. The second kappa shape index (κ2) is 7.42. The van der Waals surface area contributed by atoms with E-state index in [0.29, 0.717) is 6.54 Å². The number of imidazole rings is 1. The van der Waals surface area contributed by atoms with Crippen LogP contribution in [-0.4, -0.2) is 47.2 Å². The van der Waals surface area contributed by atoms with Gasteiger partial charge in [0, 0.05) is 32.9 Å². The van der Waals surface area contributed by atoms with Gasteiger partial charge in [0.25, 0.3) is 0 Å². The van der Waals surface area contributed by atoms with E-state index >= 15 is 0 Å². The third kappa shape index (κ3) is 4.11. The zero-order valence-electron chi connectivity index (χ0n) is 11.2. The fourth-order valence-corrected chi connectivity index (χ4v) is 1.95. The Kier molecular flexibility index (Phi) is 6.18. The number of rotatable bonds is 8. The Morgan fingerprint density at radius 2 is 2.18 bits per heavy atom. The molecule has 0 radical (unpaired) electrons. The SMILES string of the molecule is CCN(CC)CCNC(CN)c1cncn1C. The van der Waals surface area contributed by atoms with Crippen molar-refractivity contribution < 1.29 is 0 Å². The Hall–Kier alpha value is -0.910. The molecule has 1 heterocycles. The van der Waals surface area contributed by atoms with Crippen LogP contribution >= 0.6 is 0 Å². The van der Waals surface area contributed by atoms with Gasteiger partial charge in [-0.05, 0) is 13.1 Å². The number of nitrogens with zero attached hydrogens (tertiary/aromatic N) is 3. The Morgan fingerprint density at radius 3 is 2.65 bits per heavy atom. The molecule has 0 aliphatic carbocycles. The highest BCUT2D eigenvalue weighted by Crippen LogP contribution is 2.09. The zero-order chi connectivity index (χ0) is 12.7. The summed E-state index contributed by atoms with van der Waals surface area (Å²) in [5.74, 6) is 0. The molecule has 3 N–H and O–H groups in total. The molecule has 0 aliphatic heterocycles. The van der Waals surface area contributed by atoms with Crippen LogP contribution < -0.4 is 11.1 Å². The van der Waals surface area contributed by atoms with Crippen molar-refractivity contribution >= 4 is 0 Å². The minimum atomic E-state index is 0.193. The molecule has 98 valence electrons. The highest BCUT2D eigenvalue weighted by Gasteiger charge is 2.12. The van der Waals surface area contributed by atoms with Crippen LogP contribution in [0.2, 0.25) is 0 Å². The molecule has 17 heavy (non-hydrogen) atoms. The number of likely N-dealkylation sites (N-methyl/N-ethyl adjacent to an activating group) is 1. The number of aromatic nitrogens is 2. The summed E-state index contributed by atoms with van der Waals surface area (Å²) in [6.07, 6.45) is 3.69. The van der Waals surface area contributed by atoms with Crippen molar-refractivity contribution in [1.82, 2.24) is 19.8 Å². The lowest BCUT2D eigenvalue weighted by Gasteiger charge is -2.21. The maximum Gasteiger partial charge on any atom is 0.0946 e. The summed E-state index contributed by atoms with van der Waals surface area (Å²) >= 11 is 0. The third-order valence-corrected chi connectivity index (χ3v) is 3.16. The summed E-state index contributed by atoms with van der Waals surface area (Å²) in [5, 5.41) is 3.48. The van der Waals surface area contributed by atoms with Gasteiger partial charge in [-0.2, -0.15) is 0 Å². The summed E-state index contributed by atoms with van der Waals surface area (Å²) in [5.41, 5.74) is 6.94. The first-order valence-corrected chi connectivity index (χ1v) is 6.34. The molecular formula is C12H25N5. The quantitative estimate of drug-likeness (QED) is 0.687. The molecule has 5 nitrogen and oxygen atoms in total. The molecule has 1 atom stereocenters. The summed E-state index contributed by atoms with van der Waals surface area (Å²) in [4.78, 5) is 6.52. The molecule has 0 amide bonds. The van der Waals surface area contributed by atoms with Crippen molar-refractivity contribution in [1.29, 1.82) is 0 Å². The van der Waals surface area contributed by atoms with Crippen LogP contribution in [0.15, 0.2) is 12.5 Å². The molecule has 0 bridgehead atoms. The number of hydrogen-bond donors (Lipinski definition) is 2. The van der Waals surface area contributed by atoms with Gasteiger partial charge in [-0.15, -0.1) is 0 Å². The van der Waals surface area contributed by atoms with Crippen molar-refractivity contribution in [2.75, 3.05) is 32.7 Å². The van der Waals surface area contributed by atoms with Crippen molar-refractivity contribution in [3.05, 3.63) is 18.2 Å². The highest BCUT2D eigenvalue weighted by atomic mass is 15.1. The van der Waals surface area contributed by atoms with Crippen LogP contribution in [0.4, 0.5) is 0 Å². The minimum Gasteiger partial charge on any atom is -0.336 e. The fourth-order valence-electron chi connectivity index (χ4n) is 1.95. The monoisotopic (exact) mass is 239 g/mol. The Morgan fingerprint density at radius 1 is 1.47 bits per heavy atom. The number of hydrogen-bond acceptors (Lipinski definition) is 4. The predicted molar refractivity (Wildman–Crippen MR) is 70.8 cm³/mol. The van der Waals surface area contributed by atoms with E-state index in [-0.39, 0.29) is 6.04 Å². The van der Waals surface area contributed by atoms with E-state index < -0.39 is 0 Å². The first-order valence-electron chi connectivity index (χ1n) is 6.34. The minimum absolute atomic E-state index is 0.193. The lowest BCUT2D eigenvalue weighted by atomic mass is 10.2. The molecule has 1 aromatic heterocycles. The van der Waals surface area contributed by atoms with E-state index in [0.717, 1.165) is 31.9 Å². The van der Waals surface area contributed by atoms with Crippen LogP contribution in [0.3, 0.4) is 0 Å². The van der Waals surface area contributed by atoms with Gasteiger partial charge in [0.1, 0.15) is 0 Å². The van der Waals surface area contributed by atoms with Gasteiger partial charge in [0.05, 0.1) is 18.1 Å². The van der Waals surface area contributed by atoms with Gasteiger partial charge in [-0.3, -0.25) is 0 Å². The molecule has 0 aliphatic rings. The zero-order valence-corrected chi connectivity index (χ0v) is 11.2. The van der Waals surface area contributed by atoms with E-state index in [4.69, 9.17) is 5.73 Å². The van der Waals surface area contributed by atoms with Crippen LogP contribution in [0.25, 0.3) is 0 Å². The first kappa shape index (κ1) is 14.2. The largest absolute Gasteiger partial charge is 0.336 e. The second-order valence-electron chi connectivity index (χ2n) is 4.20. The Balaban J connectivity index is 2.41. The molecule has 0 saturated carbocycles. The topological polar surface area (TPSA) is 59.1 Å². The summed E-state index contributed by atoms with van der Waals surface area (Å²) in [6, 6.07) is 0.193. The molecule has 5 heteroatoms. The smallest absolute Gasteiger partial charge is 0.0946 e. The van der Waals surface area contributed by atoms with E-state index in [2.05, 4.69) is 29.0 Å². The van der Waals surface area contributed by atoms with Crippen LogP contribution in [-0.2, 0) is 7.05 Å². The molecule has 1 unspecified atom stereocenters. The van der Waals surface area contributed by atoms with E-state index in [1.807, 2.05) is 24.1 Å². The molecule has 1 aromatic rings. The molecule has 0 aromatic carbocycles. The summed E-state index contributed by atoms with van der Waals surface area (Å²) < 4.78 is 2.02. The predicted octanol–water partition coefficient (Wildman–Crippen LogP) is 0.351. The van der Waals surface area contributed by atoms with Crippen molar-refractivity contribution in [3.8, 4) is 0 Å². The average Bonchev–Trinajstić information content (AvgIpc) is 2.76. The molecular weight excluding hydrogens is 214 g/mol. The van der Waals surface area contributed by atoms with Crippen LogP contribution in [0, 0.1) is 0 Å². The Bertz CT molecular complexity index is 306. The lowest BCUT2D eigenvalue weighted by molar-refractivity contribution is 0.296.